The molecule has 0 bridgehead atoms. The number of rotatable bonds is 6. The molecule has 1 aromatic carbocycles. The Morgan fingerprint density at radius 1 is 1.39 bits per heavy atom. The minimum Gasteiger partial charge on any atom is -0.356 e. The van der Waals surface area contributed by atoms with Gasteiger partial charge in [0.15, 0.2) is 0 Å². The molecule has 0 aliphatic rings. The number of carbonyl (C=O) groups excluding carboxylic acids is 1. The first-order valence-corrected chi connectivity index (χ1v) is 7.04. The number of benzene rings is 1. The summed E-state index contributed by atoms with van der Waals surface area (Å²) < 4.78 is 1.14. The number of aryl methyl sites for hydroxylation is 1. The Labute approximate surface area is 117 Å². The molecule has 0 aliphatic heterocycles. The Bertz CT molecular complexity index is 407. The van der Waals surface area contributed by atoms with E-state index in [9.17, 15) is 4.79 Å². The first kappa shape index (κ1) is 15.2. The van der Waals surface area contributed by atoms with Gasteiger partial charge in [0.25, 0.3) is 0 Å². The Morgan fingerprint density at radius 2 is 2.11 bits per heavy atom. The van der Waals surface area contributed by atoms with Crippen LogP contribution in [-0.4, -0.2) is 19.0 Å². The van der Waals surface area contributed by atoms with Gasteiger partial charge >= 0.3 is 0 Å². The van der Waals surface area contributed by atoms with Crippen LogP contribution in [0.15, 0.2) is 22.7 Å². The van der Waals surface area contributed by atoms with E-state index in [0.717, 1.165) is 24.0 Å². The second-order valence-electron chi connectivity index (χ2n) is 4.52. The Balaban J connectivity index is 2.34. The van der Waals surface area contributed by atoms with Gasteiger partial charge in [0.1, 0.15) is 0 Å². The van der Waals surface area contributed by atoms with Crippen LogP contribution in [0.4, 0.5) is 0 Å². The second-order valence-corrected chi connectivity index (χ2v) is 5.38. The van der Waals surface area contributed by atoms with Crippen LogP contribution in [0.3, 0.4) is 0 Å². The van der Waals surface area contributed by atoms with Gasteiger partial charge in [-0.2, -0.15) is 0 Å². The summed E-state index contributed by atoms with van der Waals surface area (Å²) in [6.07, 6.45) is 0.944. The molecule has 2 N–H and O–H groups in total. The lowest BCUT2D eigenvalue weighted by atomic mass is 10.1. The van der Waals surface area contributed by atoms with Crippen molar-refractivity contribution in [3.63, 3.8) is 0 Å². The van der Waals surface area contributed by atoms with Crippen LogP contribution >= 0.6 is 15.9 Å². The molecule has 4 heteroatoms. The summed E-state index contributed by atoms with van der Waals surface area (Å²) in [4.78, 5) is 10.7. The maximum Gasteiger partial charge on any atom is 0.216 e. The minimum absolute atomic E-state index is 0.0339. The second kappa shape index (κ2) is 7.54. The van der Waals surface area contributed by atoms with Gasteiger partial charge in [0, 0.05) is 24.0 Å². The van der Waals surface area contributed by atoms with Gasteiger partial charge in [-0.3, -0.25) is 4.79 Å². The number of halogens is 1. The van der Waals surface area contributed by atoms with E-state index in [0.29, 0.717) is 6.04 Å². The Morgan fingerprint density at radius 3 is 2.72 bits per heavy atom. The van der Waals surface area contributed by atoms with Gasteiger partial charge in [0.2, 0.25) is 5.91 Å². The lowest BCUT2D eigenvalue weighted by Gasteiger charge is -2.15. The number of hydrogen-bond acceptors (Lipinski definition) is 2. The topological polar surface area (TPSA) is 41.1 Å². The quantitative estimate of drug-likeness (QED) is 0.793. The highest BCUT2D eigenvalue weighted by Gasteiger charge is 2.05. The molecule has 100 valence electrons. The Kier molecular flexibility index (Phi) is 6.36. The summed E-state index contributed by atoms with van der Waals surface area (Å²) in [5.41, 5.74) is 2.54. The molecule has 3 nitrogen and oxygen atoms in total. The van der Waals surface area contributed by atoms with Crippen molar-refractivity contribution in [2.45, 2.75) is 33.2 Å². The van der Waals surface area contributed by atoms with Crippen molar-refractivity contribution < 1.29 is 4.79 Å². The molecule has 0 heterocycles. The SMILES string of the molecule is CC(=O)NCCCNC(C)c1ccc(Br)c(C)c1. The zero-order valence-electron chi connectivity index (χ0n) is 11.2. The van der Waals surface area contributed by atoms with Crippen molar-refractivity contribution in [1.82, 2.24) is 10.6 Å². The largest absolute Gasteiger partial charge is 0.356 e. The normalized spacial score (nSPS) is 12.2. The maximum absolute atomic E-state index is 10.7. The third-order valence-corrected chi connectivity index (χ3v) is 3.75. The molecule has 1 unspecified atom stereocenters. The maximum atomic E-state index is 10.7. The highest BCUT2D eigenvalue weighted by molar-refractivity contribution is 9.10. The lowest BCUT2D eigenvalue weighted by Crippen LogP contribution is -2.26. The van der Waals surface area contributed by atoms with Gasteiger partial charge in [-0.25, -0.2) is 0 Å². The van der Waals surface area contributed by atoms with Gasteiger partial charge in [-0.15, -0.1) is 0 Å². The van der Waals surface area contributed by atoms with E-state index in [2.05, 4.69) is 58.6 Å². The molecule has 1 amide bonds. The van der Waals surface area contributed by atoms with Gasteiger partial charge < -0.3 is 10.6 Å². The van der Waals surface area contributed by atoms with E-state index in [4.69, 9.17) is 0 Å². The molecule has 0 fully saturated rings. The van der Waals surface area contributed by atoms with Crippen molar-refractivity contribution in [3.05, 3.63) is 33.8 Å². The summed E-state index contributed by atoms with van der Waals surface area (Å²) in [7, 11) is 0. The number of amides is 1. The van der Waals surface area contributed by atoms with Gasteiger partial charge in [0.05, 0.1) is 0 Å². The number of nitrogens with one attached hydrogen (secondary N) is 2. The van der Waals surface area contributed by atoms with Crippen molar-refractivity contribution in [1.29, 1.82) is 0 Å². The third-order valence-electron chi connectivity index (χ3n) is 2.86. The molecule has 1 aromatic rings. The molecule has 18 heavy (non-hydrogen) atoms. The van der Waals surface area contributed by atoms with Crippen molar-refractivity contribution in [2.75, 3.05) is 13.1 Å². The Hall–Kier alpha value is -0.870. The summed E-state index contributed by atoms with van der Waals surface area (Å²) in [5, 5.41) is 6.24. The fraction of sp³-hybridized carbons (Fsp3) is 0.500. The van der Waals surface area contributed by atoms with Crippen LogP contribution in [-0.2, 0) is 4.79 Å². The van der Waals surface area contributed by atoms with Crippen molar-refractivity contribution in [2.24, 2.45) is 0 Å². The van der Waals surface area contributed by atoms with Crippen LogP contribution in [0, 0.1) is 6.92 Å². The van der Waals surface area contributed by atoms with E-state index in [1.807, 2.05) is 0 Å². The first-order valence-electron chi connectivity index (χ1n) is 6.24. The van der Waals surface area contributed by atoms with E-state index in [-0.39, 0.29) is 5.91 Å². The highest BCUT2D eigenvalue weighted by atomic mass is 79.9. The van der Waals surface area contributed by atoms with E-state index >= 15 is 0 Å². The van der Waals surface area contributed by atoms with Crippen molar-refractivity contribution >= 4 is 21.8 Å². The van der Waals surface area contributed by atoms with E-state index in [1.54, 1.807) is 6.92 Å². The molecule has 0 saturated carbocycles. The zero-order valence-corrected chi connectivity index (χ0v) is 12.8. The van der Waals surface area contributed by atoms with E-state index < -0.39 is 0 Å². The fourth-order valence-electron chi connectivity index (χ4n) is 1.73. The average Bonchev–Trinajstić information content (AvgIpc) is 2.31. The third kappa shape index (κ3) is 5.19. The lowest BCUT2D eigenvalue weighted by molar-refractivity contribution is -0.118. The number of hydrogen-bond donors (Lipinski definition) is 2. The van der Waals surface area contributed by atoms with Crippen LogP contribution < -0.4 is 10.6 Å². The molecule has 0 aromatic heterocycles. The van der Waals surface area contributed by atoms with E-state index in [1.165, 1.54) is 11.1 Å². The summed E-state index contributed by atoms with van der Waals surface area (Å²) in [6, 6.07) is 6.73. The molecule has 0 aliphatic carbocycles. The molecule has 0 radical (unpaired) electrons. The first-order chi connectivity index (χ1) is 8.50. The summed E-state index contributed by atoms with van der Waals surface area (Å²) in [5.74, 6) is 0.0339. The average molecular weight is 313 g/mol. The molecular formula is C14H21BrN2O. The predicted molar refractivity (Wildman–Crippen MR) is 78.6 cm³/mol. The molecule has 0 saturated heterocycles. The standard InChI is InChI=1S/C14H21BrN2O/c1-10-9-13(5-6-14(10)15)11(2)16-7-4-8-17-12(3)18/h5-6,9,11,16H,4,7-8H2,1-3H3,(H,17,18). The molecule has 1 rings (SSSR count). The van der Waals surface area contributed by atoms with Gasteiger partial charge in [-0.1, -0.05) is 28.1 Å². The molecule has 0 spiro atoms. The fourth-order valence-corrected chi connectivity index (χ4v) is 1.97. The zero-order chi connectivity index (χ0) is 13.5. The molecular weight excluding hydrogens is 292 g/mol. The predicted octanol–water partition coefficient (Wildman–Crippen LogP) is 2.93. The monoisotopic (exact) mass is 312 g/mol. The minimum atomic E-state index is 0.0339. The van der Waals surface area contributed by atoms with Crippen LogP contribution in [0.1, 0.15) is 37.4 Å². The number of carbonyl (C=O) groups is 1. The molecule has 1 atom stereocenters. The van der Waals surface area contributed by atoms with Gasteiger partial charge in [-0.05, 0) is 44.0 Å². The summed E-state index contributed by atoms with van der Waals surface area (Å²) in [6.45, 7) is 7.42. The van der Waals surface area contributed by atoms with Crippen LogP contribution in [0.2, 0.25) is 0 Å². The van der Waals surface area contributed by atoms with Crippen LogP contribution in [0.25, 0.3) is 0 Å². The smallest absolute Gasteiger partial charge is 0.216 e. The highest BCUT2D eigenvalue weighted by Crippen LogP contribution is 2.20. The summed E-state index contributed by atoms with van der Waals surface area (Å²) >= 11 is 3.50. The van der Waals surface area contributed by atoms with Crippen molar-refractivity contribution in [3.8, 4) is 0 Å². The van der Waals surface area contributed by atoms with Crippen LogP contribution in [0.5, 0.6) is 0 Å².